The lowest BCUT2D eigenvalue weighted by molar-refractivity contribution is 0.364. The molecule has 0 aliphatic carbocycles. The lowest BCUT2D eigenvalue weighted by atomic mass is 9.96. The summed E-state index contributed by atoms with van der Waals surface area (Å²) in [5.41, 5.74) is 1.57. The molecular formula is C14H20N4. The normalized spacial score (nSPS) is 19.2. The van der Waals surface area contributed by atoms with Gasteiger partial charge in [-0.2, -0.15) is 5.26 Å². The number of aryl methyl sites for hydroxylation is 1. The van der Waals surface area contributed by atoms with E-state index in [-0.39, 0.29) is 0 Å². The van der Waals surface area contributed by atoms with Crippen LogP contribution in [0.1, 0.15) is 30.5 Å². The zero-order valence-corrected chi connectivity index (χ0v) is 10.9. The highest BCUT2D eigenvalue weighted by Gasteiger charge is 2.12. The second kappa shape index (κ2) is 6.36. The monoisotopic (exact) mass is 244 g/mol. The van der Waals surface area contributed by atoms with E-state index in [9.17, 15) is 0 Å². The fourth-order valence-corrected chi connectivity index (χ4v) is 2.35. The van der Waals surface area contributed by atoms with Gasteiger partial charge in [-0.1, -0.05) is 0 Å². The zero-order valence-electron chi connectivity index (χ0n) is 10.9. The van der Waals surface area contributed by atoms with E-state index in [2.05, 4.69) is 21.7 Å². The van der Waals surface area contributed by atoms with Gasteiger partial charge < -0.3 is 10.6 Å². The fraction of sp³-hybridized carbons (Fsp3) is 0.571. The van der Waals surface area contributed by atoms with Gasteiger partial charge in [0.25, 0.3) is 0 Å². The maximum absolute atomic E-state index is 9.02. The molecule has 0 amide bonds. The molecule has 0 aromatic carbocycles. The van der Waals surface area contributed by atoms with Gasteiger partial charge in [0.05, 0.1) is 5.56 Å². The topological polar surface area (TPSA) is 60.7 Å². The van der Waals surface area contributed by atoms with E-state index in [4.69, 9.17) is 5.26 Å². The van der Waals surface area contributed by atoms with E-state index in [1.54, 1.807) is 0 Å². The highest BCUT2D eigenvalue weighted by Crippen LogP contribution is 2.16. The van der Waals surface area contributed by atoms with Gasteiger partial charge in [0.1, 0.15) is 11.9 Å². The SMILES string of the molecule is Cc1ccc(C#N)c(NCCC2CCCNC2)n1. The predicted octanol–water partition coefficient (Wildman–Crippen LogP) is 2.06. The van der Waals surface area contributed by atoms with Crippen molar-refractivity contribution in [2.75, 3.05) is 25.0 Å². The molecule has 0 spiro atoms. The van der Waals surface area contributed by atoms with Gasteiger partial charge in [-0.3, -0.25) is 0 Å². The highest BCUT2D eigenvalue weighted by atomic mass is 15.0. The van der Waals surface area contributed by atoms with Gasteiger partial charge in [0, 0.05) is 12.2 Å². The average molecular weight is 244 g/mol. The van der Waals surface area contributed by atoms with Crippen LogP contribution >= 0.6 is 0 Å². The van der Waals surface area contributed by atoms with Crippen LogP contribution in [-0.2, 0) is 0 Å². The Labute approximate surface area is 108 Å². The molecule has 1 saturated heterocycles. The third-order valence-corrected chi connectivity index (χ3v) is 3.40. The van der Waals surface area contributed by atoms with Crippen molar-refractivity contribution in [2.24, 2.45) is 5.92 Å². The summed E-state index contributed by atoms with van der Waals surface area (Å²) in [7, 11) is 0. The summed E-state index contributed by atoms with van der Waals surface area (Å²) in [4.78, 5) is 4.38. The smallest absolute Gasteiger partial charge is 0.144 e. The second-order valence-corrected chi connectivity index (χ2v) is 4.89. The molecule has 4 heteroatoms. The largest absolute Gasteiger partial charge is 0.369 e. The summed E-state index contributed by atoms with van der Waals surface area (Å²) >= 11 is 0. The van der Waals surface area contributed by atoms with Crippen LogP contribution in [0.3, 0.4) is 0 Å². The van der Waals surface area contributed by atoms with Gasteiger partial charge in [0.2, 0.25) is 0 Å². The number of aromatic nitrogens is 1. The van der Waals surface area contributed by atoms with Gasteiger partial charge in [-0.05, 0) is 57.3 Å². The van der Waals surface area contributed by atoms with Crippen LogP contribution in [0.4, 0.5) is 5.82 Å². The first-order valence-electron chi connectivity index (χ1n) is 6.62. The van der Waals surface area contributed by atoms with Crippen molar-refractivity contribution in [3.8, 4) is 6.07 Å². The number of hydrogen-bond acceptors (Lipinski definition) is 4. The number of nitrogens with one attached hydrogen (secondary N) is 2. The Kier molecular flexibility index (Phi) is 4.54. The van der Waals surface area contributed by atoms with Crippen molar-refractivity contribution < 1.29 is 0 Å². The zero-order chi connectivity index (χ0) is 12.8. The Morgan fingerprint density at radius 3 is 3.17 bits per heavy atom. The number of piperidine rings is 1. The van der Waals surface area contributed by atoms with Crippen LogP contribution in [-0.4, -0.2) is 24.6 Å². The van der Waals surface area contributed by atoms with E-state index in [1.165, 1.54) is 12.8 Å². The minimum Gasteiger partial charge on any atom is -0.369 e. The molecule has 1 aromatic rings. The summed E-state index contributed by atoms with van der Waals surface area (Å²) in [6.07, 6.45) is 3.71. The highest BCUT2D eigenvalue weighted by molar-refractivity contribution is 5.52. The Morgan fingerprint density at radius 1 is 1.56 bits per heavy atom. The maximum atomic E-state index is 9.02. The van der Waals surface area contributed by atoms with E-state index in [0.29, 0.717) is 5.56 Å². The first kappa shape index (κ1) is 12.8. The summed E-state index contributed by atoms with van der Waals surface area (Å²) in [6, 6.07) is 5.87. The molecule has 2 heterocycles. The molecule has 1 aromatic heterocycles. The van der Waals surface area contributed by atoms with Gasteiger partial charge in [0.15, 0.2) is 0 Å². The van der Waals surface area contributed by atoms with Gasteiger partial charge in [-0.25, -0.2) is 4.98 Å². The van der Waals surface area contributed by atoms with Gasteiger partial charge in [-0.15, -0.1) is 0 Å². The van der Waals surface area contributed by atoms with E-state index >= 15 is 0 Å². The number of nitriles is 1. The van der Waals surface area contributed by atoms with Crippen molar-refractivity contribution in [2.45, 2.75) is 26.2 Å². The molecule has 1 unspecified atom stereocenters. The Bertz CT molecular complexity index is 430. The van der Waals surface area contributed by atoms with Crippen LogP contribution in [0.5, 0.6) is 0 Å². The number of anilines is 1. The fourth-order valence-electron chi connectivity index (χ4n) is 2.35. The lowest BCUT2D eigenvalue weighted by Crippen LogP contribution is -2.30. The molecule has 0 saturated carbocycles. The van der Waals surface area contributed by atoms with Crippen molar-refractivity contribution >= 4 is 5.82 Å². The standard InChI is InChI=1S/C14H20N4/c1-11-4-5-13(9-15)14(18-11)17-8-6-12-3-2-7-16-10-12/h4-5,12,16H,2-3,6-8,10H2,1H3,(H,17,18). The number of nitrogens with zero attached hydrogens (tertiary/aromatic N) is 2. The Hall–Kier alpha value is -1.60. The van der Waals surface area contributed by atoms with Crippen LogP contribution in [0.15, 0.2) is 12.1 Å². The van der Waals surface area contributed by atoms with Crippen molar-refractivity contribution in [1.82, 2.24) is 10.3 Å². The molecular weight excluding hydrogens is 224 g/mol. The lowest BCUT2D eigenvalue weighted by Gasteiger charge is -2.22. The van der Waals surface area contributed by atoms with E-state index in [0.717, 1.165) is 43.5 Å². The molecule has 18 heavy (non-hydrogen) atoms. The third kappa shape index (κ3) is 3.44. The molecule has 2 rings (SSSR count). The molecule has 1 atom stereocenters. The summed E-state index contributed by atoms with van der Waals surface area (Å²) < 4.78 is 0. The summed E-state index contributed by atoms with van der Waals surface area (Å²) in [5.74, 6) is 1.47. The molecule has 1 aliphatic heterocycles. The van der Waals surface area contributed by atoms with E-state index in [1.807, 2.05) is 19.1 Å². The number of pyridine rings is 1. The van der Waals surface area contributed by atoms with Crippen LogP contribution in [0.25, 0.3) is 0 Å². The average Bonchev–Trinajstić information content (AvgIpc) is 2.40. The molecule has 0 radical (unpaired) electrons. The second-order valence-electron chi connectivity index (χ2n) is 4.89. The third-order valence-electron chi connectivity index (χ3n) is 3.40. The predicted molar refractivity (Wildman–Crippen MR) is 72.4 cm³/mol. The molecule has 1 fully saturated rings. The van der Waals surface area contributed by atoms with Crippen LogP contribution in [0.2, 0.25) is 0 Å². The van der Waals surface area contributed by atoms with Gasteiger partial charge >= 0.3 is 0 Å². The summed E-state index contributed by atoms with van der Waals surface area (Å²) in [6.45, 7) is 5.10. The number of rotatable bonds is 4. The van der Waals surface area contributed by atoms with Crippen LogP contribution < -0.4 is 10.6 Å². The minimum absolute atomic E-state index is 0.627. The first-order chi connectivity index (χ1) is 8.79. The quantitative estimate of drug-likeness (QED) is 0.851. The van der Waals surface area contributed by atoms with Crippen LogP contribution in [0, 0.1) is 24.2 Å². The summed E-state index contributed by atoms with van der Waals surface area (Å²) in [5, 5.41) is 15.7. The van der Waals surface area contributed by atoms with Crippen molar-refractivity contribution in [1.29, 1.82) is 5.26 Å². The van der Waals surface area contributed by atoms with E-state index < -0.39 is 0 Å². The molecule has 0 bridgehead atoms. The Balaban J connectivity index is 1.86. The van der Waals surface area contributed by atoms with Crippen molar-refractivity contribution in [3.63, 3.8) is 0 Å². The minimum atomic E-state index is 0.627. The molecule has 1 aliphatic rings. The molecule has 4 nitrogen and oxygen atoms in total. The number of hydrogen-bond donors (Lipinski definition) is 2. The maximum Gasteiger partial charge on any atom is 0.144 e. The first-order valence-corrected chi connectivity index (χ1v) is 6.62. The van der Waals surface area contributed by atoms with Crippen molar-refractivity contribution in [3.05, 3.63) is 23.4 Å². The molecule has 2 N–H and O–H groups in total. The Morgan fingerprint density at radius 2 is 2.44 bits per heavy atom. The molecule has 96 valence electrons.